The van der Waals surface area contributed by atoms with Crippen LogP contribution in [0.25, 0.3) is 0 Å². The Morgan fingerprint density at radius 3 is 3.28 bits per heavy atom. The molecule has 0 radical (unpaired) electrons. The van der Waals surface area contributed by atoms with Crippen molar-refractivity contribution in [1.29, 1.82) is 0 Å². The zero-order valence-electron chi connectivity index (χ0n) is 10.4. The second kappa shape index (κ2) is 4.57. The fraction of sp³-hybridized carbons (Fsp3) is 0.538. The Bertz CT molecular complexity index is 463. The van der Waals surface area contributed by atoms with E-state index in [0.717, 1.165) is 31.9 Å². The molecular weight excluding hydrogens is 230 g/mol. The van der Waals surface area contributed by atoms with Gasteiger partial charge in [-0.05, 0) is 24.5 Å². The zero-order chi connectivity index (χ0) is 12.5. The molecule has 2 aliphatic heterocycles. The number of pyridine rings is 1. The Kier molecular flexibility index (Phi) is 2.91. The standard InChI is InChI=1S/C13H17N3O2/c1-18-13(17)10-3-2-5-15-12(10)16-6-4-9-7-14-8-11(9)16/h2-3,5,9,11,14H,4,6-8H2,1H3/t9-,11+/m0/s1. The van der Waals surface area contributed by atoms with Crippen LogP contribution >= 0.6 is 0 Å². The molecule has 2 atom stereocenters. The first-order valence-corrected chi connectivity index (χ1v) is 6.32. The number of ether oxygens (including phenoxy) is 1. The largest absolute Gasteiger partial charge is 0.465 e. The van der Waals surface area contributed by atoms with Gasteiger partial charge in [0.15, 0.2) is 0 Å². The molecule has 1 aromatic rings. The van der Waals surface area contributed by atoms with Gasteiger partial charge in [0.05, 0.1) is 7.11 Å². The van der Waals surface area contributed by atoms with Crippen LogP contribution in [-0.2, 0) is 4.74 Å². The maximum absolute atomic E-state index is 11.8. The highest BCUT2D eigenvalue weighted by atomic mass is 16.5. The van der Waals surface area contributed by atoms with Crippen molar-refractivity contribution in [2.24, 2.45) is 5.92 Å². The summed E-state index contributed by atoms with van der Waals surface area (Å²) in [4.78, 5) is 18.4. The molecule has 1 N–H and O–H groups in total. The Morgan fingerprint density at radius 2 is 2.44 bits per heavy atom. The van der Waals surface area contributed by atoms with Crippen molar-refractivity contribution < 1.29 is 9.53 Å². The number of fused-ring (bicyclic) bond motifs is 1. The minimum absolute atomic E-state index is 0.312. The van der Waals surface area contributed by atoms with Gasteiger partial charge in [0.2, 0.25) is 0 Å². The molecule has 5 heteroatoms. The monoisotopic (exact) mass is 247 g/mol. The van der Waals surface area contributed by atoms with E-state index in [1.54, 1.807) is 18.3 Å². The molecule has 0 bridgehead atoms. The Labute approximate surface area is 106 Å². The Balaban J connectivity index is 1.94. The molecule has 1 aromatic heterocycles. The molecule has 18 heavy (non-hydrogen) atoms. The van der Waals surface area contributed by atoms with Gasteiger partial charge in [-0.2, -0.15) is 0 Å². The normalized spacial score (nSPS) is 26.2. The minimum atomic E-state index is -0.312. The second-order valence-corrected chi connectivity index (χ2v) is 4.83. The number of aromatic nitrogens is 1. The van der Waals surface area contributed by atoms with Gasteiger partial charge in [-0.3, -0.25) is 0 Å². The molecule has 3 rings (SSSR count). The summed E-state index contributed by atoms with van der Waals surface area (Å²) in [7, 11) is 1.41. The SMILES string of the molecule is COC(=O)c1cccnc1N1CC[C@H]2CNC[C@H]21. The van der Waals surface area contributed by atoms with Gasteiger partial charge in [0, 0.05) is 31.9 Å². The predicted octanol–water partition coefficient (Wildman–Crippen LogP) is 0.666. The van der Waals surface area contributed by atoms with E-state index in [0.29, 0.717) is 17.5 Å². The smallest absolute Gasteiger partial charge is 0.341 e. The van der Waals surface area contributed by atoms with E-state index < -0.39 is 0 Å². The quantitative estimate of drug-likeness (QED) is 0.778. The lowest BCUT2D eigenvalue weighted by Crippen LogP contribution is -2.35. The molecule has 0 unspecified atom stereocenters. The van der Waals surface area contributed by atoms with Crippen LogP contribution in [0.15, 0.2) is 18.3 Å². The van der Waals surface area contributed by atoms with Gasteiger partial charge in [-0.25, -0.2) is 9.78 Å². The van der Waals surface area contributed by atoms with E-state index in [1.807, 2.05) is 0 Å². The number of hydrogen-bond acceptors (Lipinski definition) is 5. The summed E-state index contributed by atoms with van der Waals surface area (Å²) in [6.07, 6.45) is 2.90. The molecule has 2 aliphatic rings. The number of anilines is 1. The Morgan fingerprint density at radius 1 is 1.56 bits per heavy atom. The number of hydrogen-bond donors (Lipinski definition) is 1. The van der Waals surface area contributed by atoms with Crippen LogP contribution in [0, 0.1) is 5.92 Å². The summed E-state index contributed by atoms with van der Waals surface area (Å²) in [6, 6.07) is 4.02. The third-order valence-corrected chi connectivity index (χ3v) is 3.91. The van der Waals surface area contributed by atoms with Crippen molar-refractivity contribution in [3.8, 4) is 0 Å². The van der Waals surface area contributed by atoms with E-state index in [4.69, 9.17) is 4.74 Å². The molecule has 0 spiro atoms. The van der Waals surface area contributed by atoms with Crippen LogP contribution in [0.5, 0.6) is 0 Å². The maximum Gasteiger partial charge on any atom is 0.341 e. The first kappa shape index (κ1) is 11.5. The summed E-state index contributed by atoms with van der Waals surface area (Å²) in [5, 5.41) is 3.40. The summed E-state index contributed by atoms with van der Waals surface area (Å²) >= 11 is 0. The van der Waals surface area contributed by atoms with Crippen LogP contribution < -0.4 is 10.2 Å². The van der Waals surface area contributed by atoms with Crippen molar-refractivity contribution in [3.63, 3.8) is 0 Å². The molecule has 0 aromatic carbocycles. The lowest BCUT2D eigenvalue weighted by Gasteiger charge is -2.25. The number of nitrogens with zero attached hydrogens (tertiary/aromatic N) is 2. The molecule has 3 heterocycles. The van der Waals surface area contributed by atoms with Crippen molar-refractivity contribution >= 4 is 11.8 Å². The summed E-state index contributed by atoms with van der Waals surface area (Å²) in [6.45, 7) is 3.02. The lowest BCUT2D eigenvalue weighted by molar-refractivity contribution is 0.0601. The predicted molar refractivity (Wildman–Crippen MR) is 67.7 cm³/mol. The van der Waals surface area contributed by atoms with Gasteiger partial charge < -0.3 is 15.0 Å². The van der Waals surface area contributed by atoms with E-state index in [-0.39, 0.29) is 5.97 Å². The van der Waals surface area contributed by atoms with Gasteiger partial charge >= 0.3 is 5.97 Å². The number of carbonyl (C=O) groups excluding carboxylic acids is 1. The van der Waals surface area contributed by atoms with Gasteiger partial charge in [-0.15, -0.1) is 0 Å². The average Bonchev–Trinajstić information content (AvgIpc) is 3.00. The molecule has 0 amide bonds. The van der Waals surface area contributed by atoms with Crippen LogP contribution in [0.2, 0.25) is 0 Å². The second-order valence-electron chi connectivity index (χ2n) is 4.83. The average molecular weight is 247 g/mol. The minimum Gasteiger partial charge on any atom is -0.465 e. The highest BCUT2D eigenvalue weighted by Crippen LogP contribution is 2.32. The number of rotatable bonds is 2. The van der Waals surface area contributed by atoms with E-state index in [1.165, 1.54) is 7.11 Å². The number of esters is 1. The molecule has 0 aliphatic carbocycles. The number of nitrogens with one attached hydrogen (secondary N) is 1. The fourth-order valence-corrected chi connectivity index (χ4v) is 3.01. The molecule has 0 saturated carbocycles. The highest BCUT2D eigenvalue weighted by Gasteiger charge is 2.39. The van der Waals surface area contributed by atoms with Crippen molar-refractivity contribution in [3.05, 3.63) is 23.9 Å². The molecule has 5 nitrogen and oxygen atoms in total. The number of carbonyl (C=O) groups is 1. The van der Waals surface area contributed by atoms with E-state index in [2.05, 4.69) is 15.2 Å². The first-order chi connectivity index (χ1) is 8.81. The van der Waals surface area contributed by atoms with Crippen molar-refractivity contribution in [2.45, 2.75) is 12.5 Å². The van der Waals surface area contributed by atoms with Crippen LogP contribution in [0.1, 0.15) is 16.8 Å². The van der Waals surface area contributed by atoms with Crippen molar-refractivity contribution in [1.82, 2.24) is 10.3 Å². The van der Waals surface area contributed by atoms with Crippen LogP contribution in [-0.4, -0.2) is 43.7 Å². The highest BCUT2D eigenvalue weighted by molar-refractivity contribution is 5.94. The Hall–Kier alpha value is -1.62. The number of methoxy groups -OCH3 is 1. The maximum atomic E-state index is 11.8. The fourth-order valence-electron chi connectivity index (χ4n) is 3.01. The topological polar surface area (TPSA) is 54.5 Å². The third kappa shape index (κ3) is 1.75. The molecule has 96 valence electrons. The van der Waals surface area contributed by atoms with Gasteiger partial charge in [0.1, 0.15) is 11.4 Å². The van der Waals surface area contributed by atoms with Crippen LogP contribution in [0.3, 0.4) is 0 Å². The van der Waals surface area contributed by atoms with E-state index >= 15 is 0 Å². The third-order valence-electron chi connectivity index (χ3n) is 3.91. The van der Waals surface area contributed by atoms with E-state index in [9.17, 15) is 4.79 Å². The zero-order valence-corrected chi connectivity index (χ0v) is 10.4. The van der Waals surface area contributed by atoms with Gasteiger partial charge in [0.25, 0.3) is 0 Å². The summed E-state index contributed by atoms with van der Waals surface area (Å²) in [5.74, 6) is 1.13. The lowest BCUT2D eigenvalue weighted by atomic mass is 10.1. The molecule has 2 saturated heterocycles. The van der Waals surface area contributed by atoms with Crippen molar-refractivity contribution in [2.75, 3.05) is 31.6 Å². The van der Waals surface area contributed by atoms with Crippen LogP contribution in [0.4, 0.5) is 5.82 Å². The first-order valence-electron chi connectivity index (χ1n) is 6.32. The van der Waals surface area contributed by atoms with Gasteiger partial charge in [-0.1, -0.05) is 0 Å². The molecule has 2 fully saturated rings. The summed E-state index contributed by atoms with van der Waals surface area (Å²) < 4.78 is 4.83. The molecular formula is C13H17N3O2. The summed E-state index contributed by atoms with van der Waals surface area (Å²) in [5.41, 5.74) is 0.563.